The van der Waals surface area contributed by atoms with Gasteiger partial charge in [-0.15, -0.1) is 0 Å². The number of rotatable bonds is 4. The molecule has 1 fully saturated rings. The Hall–Kier alpha value is -1.13. The van der Waals surface area contributed by atoms with E-state index in [4.69, 9.17) is 10.5 Å². The van der Waals surface area contributed by atoms with E-state index in [0.717, 1.165) is 19.5 Å². The van der Waals surface area contributed by atoms with Gasteiger partial charge in [0, 0.05) is 12.6 Å². The van der Waals surface area contributed by atoms with E-state index in [-0.39, 0.29) is 17.6 Å². The Morgan fingerprint density at radius 1 is 1.53 bits per heavy atom. The van der Waals surface area contributed by atoms with Crippen LogP contribution >= 0.6 is 0 Å². The quantitative estimate of drug-likeness (QED) is 0.863. The topological polar surface area (TPSA) is 38.5 Å². The summed E-state index contributed by atoms with van der Waals surface area (Å²) in [6.07, 6.45) is 1.10. The van der Waals surface area contributed by atoms with Crippen molar-refractivity contribution in [2.24, 2.45) is 11.7 Å². The monoisotopic (exact) mass is 238 g/mol. The molecule has 1 aromatic rings. The van der Waals surface area contributed by atoms with E-state index < -0.39 is 0 Å². The zero-order valence-corrected chi connectivity index (χ0v) is 10.1. The maximum atomic E-state index is 13.3. The average molecular weight is 238 g/mol. The summed E-state index contributed by atoms with van der Waals surface area (Å²) in [5.41, 5.74) is 6.06. The van der Waals surface area contributed by atoms with Crippen molar-refractivity contribution in [1.29, 1.82) is 0 Å². The van der Waals surface area contributed by atoms with Crippen LogP contribution in [0.4, 0.5) is 4.39 Å². The fraction of sp³-hybridized carbons (Fsp3) is 0.538. The molecule has 2 unspecified atom stereocenters. The zero-order chi connectivity index (χ0) is 12.3. The van der Waals surface area contributed by atoms with Crippen LogP contribution in [0.5, 0.6) is 5.75 Å². The summed E-state index contributed by atoms with van der Waals surface area (Å²) in [6, 6.07) is 6.40. The van der Waals surface area contributed by atoms with Gasteiger partial charge < -0.3 is 15.4 Å². The number of benzene rings is 1. The number of nitrogens with two attached hydrogens (primary N) is 1. The van der Waals surface area contributed by atoms with Gasteiger partial charge in [0.05, 0.1) is 0 Å². The second kappa shape index (κ2) is 5.47. The predicted octanol–water partition coefficient (Wildman–Crippen LogP) is 1.48. The minimum atomic E-state index is -0.330. The van der Waals surface area contributed by atoms with Gasteiger partial charge in [-0.3, -0.25) is 0 Å². The van der Waals surface area contributed by atoms with Gasteiger partial charge >= 0.3 is 0 Å². The van der Waals surface area contributed by atoms with E-state index in [9.17, 15) is 4.39 Å². The van der Waals surface area contributed by atoms with E-state index in [1.54, 1.807) is 18.2 Å². The SMILES string of the molecule is CN1CCC(C(N)COc2ccccc2F)C1. The van der Waals surface area contributed by atoms with Crippen LogP contribution in [-0.2, 0) is 0 Å². The maximum Gasteiger partial charge on any atom is 0.165 e. The van der Waals surface area contributed by atoms with E-state index in [0.29, 0.717) is 12.5 Å². The minimum Gasteiger partial charge on any atom is -0.489 e. The lowest BCUT2D eigenvalue weighted by atomic mass is 10.0. The summed E-state index contributed by atoms with van der Waals surface area (Å²) in [7, 11) is 2.09. The van der Waals surface area contributed by atoms with E-state index in [1.165, 1.54) is 6.07 Å². The Bertz CT molecular complexity index is 372. The summed E-state index contributed by atoms with van der Waals surface area (Å²) in [5.74, 6) is 0.407. The van der Waals surface area contributed by atoms with Crippen molar-refractivity contribution in [1.82, 2.24) is 4.90 Å². The van der Waals surface area contributed by atoms with Gasteiger partial charge in [0.25, 0.3) is 0 Å². The van der Waals surface area contributed by atoms with Gasteiger partial charge in [-0.1, -0.05) is 12.1 Å². The lowest BCUT2D eigenvalue weighted by Gasteiger charge is -2.19. The second-order valence-electron chi connectivity index (χ2n) is 4.72. The molecule has 0 spiro atoms. The van der Waals surface area contributed by atoms with Crippen molar-refractivity contribution in [3.8, 4) is 5.75 Å². The molecule has 0 radical (unpaired) electrons. The van der Waals surface area contributed by atoms with Crippen molar-refractivity contribution in [3.63, 3.8) is 0 Å². The molecule has 2 atom stereocenters. The first-order chi connectivity index (χ1) is 8.16. The smallest absolute Gasteiger partial charge is 0.165 e. The number of nitrogens with zero attached hydrogens (tertiary/aromatic N) is 1. The van der Waals surface area contributed by atoms with Crippen molar-refractivity contribution in [2.45, 2.75) is 12.5 Å². The molecule has 1 aliphatic heterocycles. The molecule has 3 nitrogen and oxygen atoms in total. The molecule has 2 N–H and O–H groups in total. The number of halogens is 1. The molecular weight excluding hydrogens is 219 g/mol. The first kappa shape index (κ1) is 12.3. The summed E-state index contributed by atoms with van der Waals surface area (Å²) in [5, 5.41) is 0. The molecule has 1 aromatic carbocycles. The summed E-state index contributed by atoms with van der Waals surface area (Å²) < 4.78 is 18.7. The van der Waals surface area contributed by atoms with Crippen LogP contribution in [0.2, 0.25) is 0 Å². The molecular formula is C13H19FN2O. The van der Waals surface area contributed by atoms with Crippen LogP contribution in [0.3, 0.4) is 0 Å². The predicted molar refractivity (Wildman–Crippen MR) is 65.5 cm³/mol. The molecule has 1 heterocycles. The van der Waals surface area contributed by atoms with Crippen LogP contribution in [-0.4, -0.2) is 37.7 Å². The highest BCUT2D eigenvalue weighted by atomic mass is 19.1. The molecule has 94 valence electrons. The van der Waals surface area contributed by atoms with Gasteiger partial charge in [0.2, 0.25) is 0 Å². The lowest BCUT2D eigenvalue weighted by Crippen LogP contribution is -2.37. The van der Waals surface area contributed by atoms with Crippen LogP contribution < -0.4 is 10.5 Å². The molecule has 17 heavy (non-hydrogen) atoms. The van der Waals surface area contributed by atoms with Crippen LogP contribution in [0.25, 0.3) is 0 Å². The average Bonchev–Trinajstić information content (AvgIpc) is 2.74. The van der Waals surface area contributed by atoms with Crippen molar-refractivity contribution >= 4 is 0 Å². The third-order valence-corrected chi connectivity index (χ3v) is 3.30. The highest BCUT2D eigenvalue weighted by Crippen LogP contribution is 2.19. The summed E-state index contributed by atoms with van der Waals surface area (Å²) >= 11 is 0. The van der Waals surface area contributed by atoms with E-state index in [1.807, 2.05) is 0 Å². The number of hydrogen-bond acceptors (Lipinski definition) is 3. The number of hydrogen-bond donors (Lipinski definition) is 1. The molecule has 2 rings (SSSR count). The molecule has 0 saturated carbocycles. The van der Waals surface area contributed by atoms with E-state index >= 15 is 0 Å². The number of ether oxygens (including phenoxy) is 1. The van der Waals surface area contributed by atoms with Gasteiger partial charge in [-0.05, 0) is 38.1 Å². The Morgan fingerprint density at radius 3 is 2.94 bits per heavy atom. The van der Waals surface area contributed by atoms with Crippen LogP contribution in [0, 0.1) is 11.7 Å². The Morgan fingerprint density at radius 2 is 2.29 bits per heavy atom. The highest BCUT2D eigenvalue weighted by Gasteiger charge is 2.25. The summed E-state index contributed by atoms with van der Waals surface area (Å²) in [6.45, 7) is 2.46. The van der Waals surface area contributed by atoms with Gasteiger partial charge in [-0.2, -0.15) is 0 Å². The second-order valence-corrected chi connectivity index (χ2v) is 4.72. The standard InChI is InChI=1S/C13H19FN2O/c1-16-7-6-10(8-16)12(15)9-17-13-5-3-2-4-11(13)14/h2-5,10,12H,6-9,15H2,1H3. The van der Waals surface area contributed by atoms with Gasteiger partial charge in [0.1, 0.15) is 6.61 Å². The highest BCUT2D eigenvalue weighted by molar-refractivity contribution is 5.23. The Balaban J connectivity index is 1.84. The normalized spacial score (nSPS) is 22.6. The number of likely N-dealkylation sites (tertiary alicyclic amines) is 1. The fourth-order valence-corrected chi connectivity index (χ4v) is 2.20. The van der Waals surface area contributed by atoms with E-state index in [2.05, 4.69) is 11.9 Å². The number of para-hydroxylation sites is 1. The zero-order valence-electron chi connectivity index (χ0n) is 10.1. The molecule has 1 saturated heterocycles. The third kappa shape index (κ3) is 3.17. The molecule has 0 aromatic heterocycles. The molecule has 4 heteroatoms. The van der Waals surface area contributed by atoms with Gasteiger partial charge in [-0.25, -0.2) is 4.39 Å². The first-order valence-corrected chi connectivity index (χ1v) is 5.98. The largest absolute Gasteiger partial charge is 0.489 e. The third-order valence-electron chi connectivity index (χ3n) is 3.30. The Labute approximate surface area is 101 Å². The molecule has 0 aliphatic carbocycles. The van der Waals surface area contributed by atoms with Crippen molar-refractivity contribution in [2.75, 3.05) is 26.7 Å². The van der Waals surface area contributed by atoms with Gasteiger partial charge in [0.15, 0.2) is 11.6 Å². The first-order valence-electron chi connectivity index (χ1n) is 5.98. The van der Waals surface area contributed by atoms with Crippen LogP contribution in [0.1, 0.15) is 6.42 Å². The molecule has 0 amide bonds. The molecule has 1 aliphatic rings. The fourth-order valence-electron chi connectivity index (χ4n) is 2.20. The minimum absolute atomic E-state index is 0.0282. The van der Waals surface area contributed by atoms with Crippen LogP contribution in [0.15, 0.2) is 24.3 Å². The van der Waals surface area contributed by atoms with Crippen molar-refractivity contribution in [3.05, 3.63) is 30.1 Å². The summed E-state index contributed by atoms with van der Waals surface area (Å²) in [4.78, 5) is 2.26. The Kier molecular flexibility index (Phi) is 3.97. The lowest BCUT2D eigenvalue weighted by molar-refractivity contribution is 0.237. The van der Waals surface area contributed by atoms with Crippen molar-refractivity contribution < 1.29 is 9.13 Å². The maximum absolute atomic E-state index is 13.3. The molecule has 0 bridgehead atoms.